The van der Waals surface area contributed by atoms with Gasteiger partial charge < -0.3 is 15.2 Å². The van der Waals surface area contributed by atoms with Gasteiger partial charge in [-0.2, -0.15) is 0 Å². The van der Waals surface area contributed by atoms with Crippen LogP contribution in [0, 0.1) is 0 Å². The van der Waals surface area contributed by atoms with E-state index in [-0.39, 0.29) is 14.4 Å². The Morgan fingerprint density at radius 1 is 1.18 bits per heavy atom. The van der Waals surface area contributed by atoms with E-state index in [0.29, 0.717) is 0 Å². The number of hydrogen-bond donors (Lipinski definition) is 3. The molecular weight excluding hydrogens is 146 g/mol. The van der Waals surface area contributed by atoms with Gasteiger partial charge in [-0.1, -0.05) is 0 Å². The average Bonchev–Trinajstić information content (AvgIpc) is 1.91. The molecule has 0 amide bonds. The Hall–Kier alpha value is -1.07. The predicted molar refractivity (Wildman–Crippen MR) is 45.2 cm³/mol. The maximum absolute atomic E-state index is 8.41. The summed E-state index contributed by atoms with van der Waals surface area (Å²) in [5, 5.41) is 22.7. The molecule has 0 aliphatic rings. The molecule has 0 radical (unpaired) electrons. The molecule has 1 heterocycles. The van der Waals surface area contributed by atoms with E-state index in [1.807, 2.05) is 0 Å². The molecule has 0 aromatic carbocycles. The van der Waals surface area contributed by atoms with Crippen molar-refractivity contribution in [3.8, 4) is 6.01 Å². The van der Waals surface area contributed by atoms with Crippen molar-refractivity contribution >= 4 is 16.1 Å². The number of hydrogen-bond acceptors (Lipinski definition) is 5. The summed E-state index contributed by atoms with van der Waals surface area (Å²) < 4.78 is 0. The van der Waals surface area contributed by atoms with Crippen LogP contribution in [-0.4, -0.2) is 41.2 Å². The van der Waals surface area contributed by atoms with Crippen LogP contribution in [0.3, 0.4) is 0 Å². The standard InChI is InChI=1S/C4H4N2O.BH3O2.BH3/c7-4-5-2-1-3-6-4;2-1-3;/h1-3H,(H,5,6,7);1-3H;1H3. The second kappa shape index (κ2) is 8.93. The lowest BCUT2D eigenvalue weighted by atomic mass is 10.5. The van der Waals surface area contributed by atoms with Crippen molar-refractivity contribution in [2.24, 2.45) is 0 Å². The van der Waals surface area contributed by atoms with Crippen molar-refractivity contribution in [2.45, 2.75) is 0 Å². The number of aromatic hydroxyl groups is 1. The molecule has 0 unspecified atom stereocenters. The molecule has 0 saturated heterocycles. The Balaban J connectivity index is 0. The Kier molecular flexibility index (Phi) is 10.2. The third-order valence-electron chi connectivity index (χ3n) is 0.552. The molecule has 0 saturated carbocycles. The van der Waals surface area contributed by atoms with Crippen LogP contribution >= 0.6 is 0 Å². The first-order valence-corrected chi connectivity index (χ1v) is 2.49. The number of nitrogens with zero attached hydrogens (tertiary/aromatic N) is 2. The van der Waals surface area contributed by atoms with E-state index in [1.165, 1.54) is 12.4 Å². The van der Waals surface area contributed by atoms with Gasteiger partial charge in [-0.25, -0.2) is 9.97 Å². The fourth-order valence-electron chi connectivity index (χ4n) is 0.291. The van der Waals surface area contributed by atoms with Gasteiger partial charge in [0.1, 0.15) is 0 Å². The van der Waals surface area contributed by atoms with Crippen molar-refractivity contribution < 1.29 is 15.2 Å². The lowest BCUT2D eigenvalue weighted by molar-refractivity contribution is 0.430. The minimum Gasteiger partial charge on any atom is -0.479 e. The molecule has 1 rings (SSSR count). The van der Waals surface area contributed by atoms with Gasteiger partial charge in [0.25, 0.3) is 0 Å². The molecule has 5 nitrogen and oxygen atoms in total. The maximum atomic E-state index is 8.41. The van der Waals surface area contributed by atoms with E-state index in [0.717, 1.165) is 0 Å². The van der Waals surface area contributed by atoms with Gasteiger partial charge in [0.2, 0.25) is 0 Å². The van der Waals surface area contributed by atoms with Gasteiger partial charge in [-0.05, 0) is 6.07 Å². The van der Waals surface area contributed by atoms with Gasteiger partial charge in [-0.3, -0.25) is 0 Å². The normalized spacial score (nSPS) is 6.73. The summed E-state index contributed by atoms with van der Waals surface area (Å²) in [7, 11) is -0.750. The fourth-order valence-corrected chi connectivity index (χ4v) is 0.291. The van der Waals surface area contributed by atoms with Gasteiger partial charge in [0, 0.05) is 12.4 Å². The summed E-state index contributed by atoms with van der Waals surface area (Å²) in [6, 6.07) is 1.46. The zero-order valence-corrected chi connectivity index (χ0v) is 5.18. The zero-order chi connectivity index (χ0) is 7.82. The van der Waals surface area contributed by atoms with Gasteiger partial charge in [0.05, 0.1) is 8.41 Å². The lowest BCUT2D eigenvalue weighted by Crippen LogP contribution is -1.75. The van der Waals surface area contributed by atoms with E-state index in [2.05, 4.69) is 9.97 Å². The van der Waals surface area contributed by atoms with Crippen LogP contribution in [0.1, 0.15) is 0 Å². The molecule has 7 heteroatoms. The molecule has 0 atom stereocenters. The first-order chi connectivity index (χ1) is 4.81. The molecule has 1 aromatic rings. The first kappa shape index (κ1) is 12.6. The molecule has 11 heavy (non-hydrogen) atoms. The fraction of sp³-hybridized carbons (Fsp3) is 0. The third kappa shape index (κ3) is 8.93. The lowest BCUT2D eigenvalue weighted by Gasteiger charge is -1.80. The molecule has 60 valence electrons. The maximum Gasteiger partial charge on any atom is 0.432 e. The van der Waals surface area contributed by atoms with Crippen LogP contribution in [0.4, 0.5) is 0 Å². The Morgan fingerprint density at radius 3 is 1.73 bits per heavy atom. The smallest absolute Gasteiger partial charge is 0.432 e. The quantitative estimate of drug-likeness (QED) is 0.354. The van der Waals surface area contributed by atoms with Crippen LogP contribution in [0.15, 0.2) is 18.5 Å². The summed E-state index contributed by atoms with van der Waals surface area (Å²) in [5.41, 5.74) is 0. The molecule has 3 N–H and O–H groups in total. The van der Waals surface area contributed by atoms with Gasteiger partial charge in [0.15, 0.2) is 0 Å². The highest BCUT2D eigenvalue weighted by molar-refractivity contribution is 6.13. The summed E-state index contributed by atoms with van der Waals surface area (Å²) >= 11 is 0. The van der Waals surface area contributed by atoms with Crippen molar-refractivity contribution in [3.05, 3.63) is 18.5 Å². The van der Waals surface area contributed by atoms with E-state index in [4.69, 9.17) is 15.2 Å². The summed E-state index contributed by atoms with van der Waals surface area (Å²) in [6.07, 6.45) is 2.95. The third-order valence-corrected chi connectivity index (χ3v) is 0.552. The first-order valence-electron chi connectivity index (χ1n) is 2.49. The molecule has 0 aliphatic heterocycles. The second-order valence-corrected chi connectivity index (χ2v) is 1.19. The second-order valence-electron chi connectivity index (χ2n) is 1.19. The SMILES string of the molecule is B.OBO.Oc1ncccn1. The van der Waals surface area contributed by atoms with Crippen molar-refractivity contribution in [1.29, 1.82) is 0 Å². The van der Waals surface area contributed by atoms with E-state index >= 15 is 0 Å². The Labute approximate surface area is 66.6 Å². The highest BCUT2D eigenvalue weighted by atomic mass is 16.4. The molecular formula is C4H10B2N2O3. The molecule has 0 fully saturated rings. The predicted octanol–water partition coefficient (Wildman–Crippen LogP) is -2.76. The minimum atomic E-state index is -0.750. The molecule has 0 spiro atoms. The molecule has 1 aromatic heterocycles. The summed E-state index contributed by atoms with van der Waals surface area (Å²) in [5.74, 6) is 0. The van der Waals surface area contributed by atoms with Crippen LogP contribution in [0.5, 0.6) is 6.01 Å². The Bertz CT molecular complexity index is 163. The van der Waals surface area contributed by atoms with Crippen molar-refractivity contribution in [3.63, 3.8) is 0 Å². The Morgan fingerprint density at radius 2 is 1.55 bits per heavy atom. The number of aromatic nitrogens is 2. The average molecular weight is 156 g/mol. The summed E-state index contributed by atoms with van der Waals surface area (Å²) in [4.78, 5) is 6.85. The largest absolute Gasteiger partial charge is 0.479 e. The zero-order valence-electron chi connectivity index (χ0n) is 5.18. The van der Waals surface area contributed by atoms with E-state index < -0.39 is 7.69 Å². The van der Waals surface area contributed by atoms with Crippen molar-refractivity contribution in [1.82, 2.24) is 9.97 Å². The van der Waals surface area contributed by atoms with E-state index in [1.54, 1.807) is 6.07 Å². The number of rotatable bonds is 0. The molecule has 0 bridgehead atoms. The van der Waals surface area contributed by atoms with Gasteiger partial charge in [-0.15, -0.1) is 0 Å². The van der Waals surface area contributed by atoms with Crippen LogP contribution in [-0.2, 0) is 0 Å². The highest BCUT2D eigenvalue weighted by Crippen LogP contribution is 1.89. The van der Waals surface area contributed by atoms with Gasteiger partial charge >= 0.3 is 13.7 Å². The highest BCUT2D eigenvalue weighted by Gasteiger charge is 1.78. The van der Waals surface area contributed by atoms with Crippen LogP contribution in [0.2, 0.25) is 0 Å². The topological polar surface area (TPSA) is 86.5 Å². The van der Waals surface area contributed by atoms with E-state index in [9.17, 15) is 0 Å². The van der Waals surface area contributed by atoms with Crippen LogP contribution < -0.4 is 0 Å². The minimum absolute atomic E-state index is 0. The van der Waals surface area contributed by atoms with Crippen LogP contribution in [0.25, 0.3) is 0 Å². The summed E-state index contributed by atoms with van der Waals surface area (Å²) in [6.45, 7) is 0. The van der Waals surface area contributed by atoms with Crippen molar-refractivity contribution in [2.75, 3.05) is 0 Å². The monoisotopic (exact) mass is 156 g/mol. The molecule has 0 aliphatic carbocycles.